The highest BCUT2D eigenvalue weighted by Crippen LogP contribution is 2.27. The number of benzene rings is 1. The first-order valence-electron chi connectivity index (χ1n) is 5.91. The molecular formula is C14H13N2O4+. The Labute approximate surface area is 115 Å². The van der Waals surface area contributed by atoms with Gasteiger partial charge in [-0.15, -0.1) is 0 Å². The number of nitrogens with zero attached hydrogens (tertiary/aromatic N) is 2. The summed E-state index contributed by atoms with van der Waals surface area (Å²) >= 11 is 0. The van der Waals surface area contributed by atoms with E-state index in [9.17, 15) is 14.9 Å². The van der Waals surface area contributed by atoms with Crippen molar-refractivity contribution in [2.45, 2.75) is 6.54 Å². The van der Waals surface area contributed by atoms with E-state index in [0.29, 0.717) is 5.56 Å². The number of hydrogen-bond donors (Lipinski definition) is 0. The van der Waals surface area contributed by atoms with Gasteiger partial charge in [0.2, 0.25) is 12.3 Å². The second-order valence-corrected chi connectivity index (χ2v) is 4.11. The molecule has 1 aromatic heterocycles. The van der Waals surface area contributed by atoms with Crippen molar-refractivity contribution in [3.63, 3.8) is 0 Å². The molecule has 6 nitrogen and oxygen atoms in total. The van der Waals surface area contributed by atoms with Crippen molar-refractivity contribution in [2.24, 2.45) is 0 Å². The summed E-state index contributed by atoms with van der Waals surface area (Å²) in [7, 11) is 1.34. The fourth-order valence-electron chi connectivity index (χ4n) is 1.80. The lowest BCUT2D eigenvalue weighted by Crippen LogP contribution is -2.36. The molecule has 0 saturated heterocycles. The van der Waals surface area contributed by atoms with Crippen LogP contribution in [0.15, 0.2) is 48.8 Å². The molecule has 6 heteroatoms. The molecule has 0 aliphatic heterocycles. The van der Waals surface area contributed by atoms with Gasteiger partial charge in [-0.3, -0.25) is 14.9 Å². The van der Waals surface area contributed by atoms with E-state index in [-0.39, 0.29) is 23.8 Å². The number of methoxy groups -OCH3 is 1. The molecule has 0 spiro atoms. The van der Waals surface area contributed by atoms with Crippen LogP contribution in [0.4, 0.5) is 5.69 Å². The summed E-state index contributed by atoms with van der Waals surface area (Å²) in [5.41, 5.74) is 0.222. The fourth-order valence-corrected chi connectivity index (χ4v) is 1.80. The summed E-state index contributed by atoms with van der Waals surface area (Å²) in [6, 6.07) is 9.61. The van der Waals surface area contributed by atoms with Crippen molar-refractivity contribution >= 4 is 11.5 Å². The monoisotopic (exact) mass is 273 g/mol. The maximum absolute atomic E-state index is 12.1. The van der Waals surface area contributed by atoms with E-state index in [0.717, 1.165) is 0 Å². The molecule has 0 saturated carbocycles. The Morgan fingerprint density at radius 1 is 1.30 bits per heavy atom. The van der Waals surface area contributed by atoms with E-state index in [4.69, 9.17) is 4.74 Å². The zero-order chi connectivity index (χ0) is 14.5. The van der Waals surface area contributed by atoms with Crippen molar-refractivity contribution in [2.75, 3.05) is 7.11 Å². The maximum Gasteiger partial charge on any atom is 0.310 e. The molecule has 0 radical (unpaired) electrons. The number of carbonyl (C=O) groups excluding carboxylic acids is 1. The highest BCUT2D eigenvalue weighted by atomic mass is 16.6. The van der Waals surface area contributed by atoms with E-state index in [1.54, 1.807) is 17.0 Å². The Kier molecular flexibility index (Phi) is 4.05. The van der Waals surface area contributed by atoms with Crippen LogP contribution < -0.4 is 9.30 Å². The topological polar surface area (TPSA) is 73.3 Å². The normalized spacial score (nSPS) is 10.1. The predicted octanol–water partition coefficient (Wildman–Crippen LogP) is 1.77. The second-order valence-electron chi connectivity index (χ2n) is 4.11. The summed E-state index contributed by atoms with van der Waals surface area (Å²) in [4.78, 5) is 22.4. The van der Waals surface area contributed by atoms with Crippen LogP contribution in [0.5, 0.6) is 5.75 Å². The molecule has 0 unspecified atom stereocenters. The number of Topliss-reactive ketones (excluding diaryl/α,β-unsaturated/α-hetero) is 1. The number of ketones is 1. The SMILES string of the molecule is COc1cc(C(=O)C[n+]2ccccc2)ccc1[N+](=O)[O-]. The summed E-state index contributed by atoms with van der Waals surface area (Å²) in [6.45, 7) is 0.168. The van der Waals surface area contributed by atoms with Crippen LogP contribution in [0.2, 0.25) is 0 Å². The Balaban J connectivity index is 2.25. The molecule has 1 heterocycles. The van der Waals surface area contributed by atoms with Crippen LogP contribution in [-0.2, 0) is 6.54 Å². The first-order chi connectivity index (χ1) is 9.61. The lowest BCUT2D eigenvalue weighted by molar-refractivity contribution is -0.683. The standard InChI is InChI=1S/C14H13N2O4/c1-20-14-9-11(5-6-12(14)16(18)19)13(17)10-15-7-3-2-4-8-15/h2-9H,10H2,1H3/q+1. The molecule has 0 bridgehead atoms. The maximum atomic E-state index is 12.1. The summed E-state index contributed by atoms with van der Waals surface area (Å²) in [5, 5.41) is 10.8. The summed E-state index contributed by atoms with van der Waals surface area (Å²) in [6.07, 6.45) is 3.56. The molecule has 2 aromatic rings. The first-order valence-corrected chi connectivity index (χ1v) is 5.91. The van der Waals surface area contributed by atoms with Crippen molar-refractivity contribution < 1.29 is 19.0 Å². The van der Waals surface area contributed by atoms with E-state index in [1.807, 2.05) is 18.2 Å². The highest BCUT2D eigenvalue weighted by Gasteiger charge is 2.19. The molecule has 0 aliphatic rings. The molecule has 0 amide bonds. The van der Waals surface area contributed by atoms with Gasteiger partial charge in [0.05, 0.1) is 12.0 Å². The zero-order valence-corrected chi connectivity index (χ0v) is 10.9. The van der Waals surface area contributed by atoms with Crippen LogP contribution in [0.3, 0.4) is 0 Å². The molecule has 0 aliphatic carbocycles. The molecule has 0 fully saturated rings. The van der Waals surface area contributed by atoms with Gasteiger partial charge in [0, 0.05) is 23.8 Å². The largest absolute Gasteiger partial charge is 0.490 e. The lowest BCUT2D eigenvalue weighted by Gasteiger charge is -2.03. The van der Waals surface area contributed by atoms with Gasteiger partial charge in [-0.2, -0.15) is 4.57 Å². The fraction of sp³-hybridized carbons (Fsp3) is 0.143. The molecular weight excluding hydrogens is 260 g/mol. The zero-order valence-electron chi connectivity index (χ0n) is 10.9. The number of nitro groups is 1. The number of hydrogen-bond acceptors (Lipinski definition) is 4. The van der Waals surface area contributed by atoms with Gasteiger partial charge in [-0.1, -0.05) is 6.07 Å². The van der Waals surface area contributed by atoms with Crippen LogP contribution >= 0.6 is 0 Å². The number of ether oxygens (including phenoxy) is 1. The number of nitro benzene ring substituents is 1. The van der Waals surface area contributed by atoms with Crippen molar-refractivity contribution in [3.05, 3.63) is 64.5 Å². The summed E-state index contributed by atoms with van der Waals surface area (Å²) in [5.74, 6) is -0.0618. The van der Waals surface area contributed by atoms with Crippen LogP contribution in [0.25, 0.3) is 0 Å². The highest BCUT2D eigenvalue weighted by molar-refractivity contribution is 5.95. The minimum atomic E-state index is -0.543. The lowest BCUT2D eigenvalue weighted by atomic mass is 10.1. The Bertz CT molecular complexity index is 641. The van der Waals surface area contributed by atoms with E-state index < -0.39 is 4.92 Å². The molecule has 0 N–H and O–H groups in total. The average Bonchev–Trinajstić information content (AvgIpc) is 2.47. The smallest absolute Gasteiger partial charge is 0.310 e. The van der Waals surface area contributed by atoms with Crippen LogP contribution in [0, 0.1) is 10.1 Å². The molecule has 0 atom stereocenters. The third-order valence-electron chi connectivity index (χ3n) is 2.80. The third-order valence-corrected chi connectivity index (χ3v) is 2.80. The van der Waals surface area contributed by atoms with Gasteiger partial charge < -0.3 is 4.74 Å². The molecule has 20 heavy (non-hydrogen) atoms. The number of aromatic nitrogens is 1. The van der Waals surface area contributed by atoms with Gasteiger partial charge in [0.15, 0.2) is 18.1 Å². The first kappa shape index (κ1) is 13.7. The van der Waals surface area contributed by atoms with Gasteiger partial charge >= 0.3 is 5.69 Å². The van der Waals surface area contributed by atoms with E-state index in [1.165, 1.54) is 25.3 Å². The molecule has 1 aromatic carbocycles. The van der Waals surface area contributed by atoms with Crippen LogP contribution in [-0.4, -0.2) is 17.8 Å². The second kappa shape index (κ2) is 5.92. The number of pyridine rings is 1. The minimum Gasteiger partial charge on any atom is -0.490 e. The van der Waals surface area contributed by atoms with E-state index in [2.05, 4.69) is 0 Å². The number of rotatable bonds is 5. The van der Waals surface area contributed by atoms with Crippen molar-refractivity contribution in [1.82, 2.24) is 0 Å². The summed E-state index contributed by atoms with van der Waals surface area (Å²) < 4.78 is 6.68. The van der Waals surface area contributed by atoms with Gasteiger partial charge in [0.25, 0.3) is 0 Å². The van der Waals surface area contributed by atoms with Gasteiger partial charge in [0.1, 0.15) is 0 Å². The van der Waals surface area contributed by atoms with Gasteiger partial charge in [-0.25, -0.2) is 0 Å². The number of carbonyl (C=O) groups is 1. The van der Waals surface area contributed by atoms with Crippen LogP contribution in [0.1, 0.15) is 10.4 Å². The third kappa shape index (κ3) is 2.97. The Morgan fingerprint density at radius 2 is 2.00 bits per heavy atom. The van der Waals surface area contributed by atoms with Gasteiger partial charge in [-0.05, 0) is 12.1 Å². The van der Waals surface area contributed by atoms with Crippen molar-refractivity contribution in [3.8, 4) is 5.75 Å². The minimum absolute atomic E-state index is 0.0823. The molecule has 2 rings (SSSR count). The Hall–Kier alpha value is -2.76. The molecule has 102 valence electrons. The van der Waals surface area contributed by atoms with Crippen molar-refractivity contribution in [1.29, 1.82) is 0 Å². The quantitative estimate of drug-likeness (QED) is 0.360. The Morgan fingerprint density at radius 3 is 2.60 bits per heavy atom. The van der Waals surface area contributed by atoms with E-state index >= 15 is 0 Å². The predicted molar refractivity (Wildman–Crippen MR) is 70.6 cm³/mol. The average molecular weight is 273 g/mol.